The number of hydrogen-bond donors (Lipinski definition) is 15. The van der Waals surface area contributed by atoms with Crippen LogP contribution >= 0.6 is 23.2 Å². The first-order valence-corrected chi connectivity index (χ1v) is 39.0. The number of unbranched alkanes of at least 4 members (excludes halogenated alkanes) is 4. The van der Waals surface area contributed by atoms with Crippen LogP contribution in [0.2, 0.25) is 10.0 Å². The fourth-order valence-electron chi connectivity index (χ4n) is 17.4. The van der Waals surface area contributed by atoms with Gasteiger partial charge in [-0.2, -0.15) is 0 Å². The molecule has 0 unspecified atom stereocenters. The van der Waals surface area contributed by atoms with E-state index < -0.39 is 198 Å². The average molecular weight is 1580 g/mol. The monoisotopic (exact) mass is 1570 g/mol. The molecule has 0 spiro atoms. The SMILES string of the molecule is CCCCCCCNC(=O)NC(=O)C[C@@H]1CC(=O)[C@H](NC(=O)[C@H](CC)CC(C)C)[C@H](O)c2ccc(c(Cl)c2)Oc2cc3cc(c2O[C@@H]2O[C@H](CO)[C@@H](O)[C@H](O)[C@H]2O)Oc2ccc(cc2Cl)[C@@H](O)[C@@H]2NC(=O)[C@H](CC(=O)[C@@H]3NC1=O)c1ccc(O)c(c1)-c1c(O)cc(O)cc1[C@@H](C(=O)CC1C3CC4CC(C3)CC1C4)NC2=O. The molecule has 1 saturated heterocycles. The number of urea groups is 1. The Kier molecular flexibility index (Phi) is 25.7. The molecule has 5 aromatic rings. The Hall–Kier alpha value is -8.97. The molecule has 596 valence electrons. The van der Waals surface area contributed by atoms with Gasteiger partial charge in [0.2, 0.25) is 41.6 Å². The van der Waals surface area contributed by atoms with Crippen LogP contribution in [0.25, 0.3) is 11.1 Å². The highest BCUT2D eigenvalue weighted by Crippen LogP contribution is 2.58. The van der Waals surface area contributed by atoms with Gasteiger partial charge in [0.05, 0.1) is 28.5 Å². The maximum absolute atomic E-state index is 16.5. The van der Waals surface area contributed by atoms with Crippen LogP contribution in [0.4, 0.5) is 4.79 Å². The highest BCUT2D eigenvalue weighted by molar-refractivity contribution is 6.32. The van der Waals surface area contributed by atoms with Gasteiger partial charge in [0.15, 0.2) is 28.8 Å². The van der Waals surface area contributed by atoms with Gasteiger partial charge in [-0.25, -0.2) is 4.79 Å². The molecule has 14 atom stereocenters. The highest BCUT2D eigenvalue weighted by Gasteiger charge is 2.51. The minimum Gasteiger partial charge on any atom is -0.508 e. The van der Waals surface area contributed by atoms with Crippen molar-refractivity contribution in [2.75, 3.05) is 13.2 Å². The first-order chi connectivity index (χ1) is 53.0. The van der Waals surface area contributed by atoms with Crippen molar-refractivity contribution in [3.8, 4) is 57.1 Å². The van der Waals surface area contributed by atoms with E-state index in [0.717, 1.165) is 88.1 Å². The third kappa shape index (κ3) is 18.1. The molecule has 4 saturated carbocycles. The molecule has 15 rings (SSSR count). The predicted molar refractivity (Wildman–Crippen MR) is 400 cm³/mol. The van der Waals surface area contributed by atoms with Crippen LogP contribution in [0, 0.1) is 47.3 Å². The van der Waals surface area contributed by atoms with Crippen molar-refractivity contribution in [1.29, 1.82) is 0 Å². The quantitative estimate of drug-likeness (QED) is 0.0344. The molecule has 15 bridgehead atoms. The number of carbonyl (C=O) groups is 9. The number of amides is 7. The molecule has 28 nitrogen and oxygen atoms in total. The van der Waals surface area contributed by atoms with Crippen molar-refractivity contribution in [3.63, 3.8) is 0 Å². The lowest BCUT2D eigenvalue weighted by Gasteiger charge is -2.54. The smallest absolute Gasteiger partial charge is 0.321 e. The summed E-state index contributed by atoms with van der Waals surface area (Å²) in [5, 5.41) is 120. The van der Waals surface area contributed by atoms with Crippen LogP contribution in [-0.2, 0) is 43.1 Å². The number of fused-ring (bicyclic) bond motifs is 15. The van der Waals surface area contributed by atoms with E-state index in [4.69, 9.17) is 42.1 Å². The number of phenols is 3. The first-order valence-electron chi connectivity index (χ1n) is 38.2. The third-order valence-corrected chi connectivity index (χ3v) is 23.6. The summed E-state index contributed by atoms with van der Waals surface area (Å²) in [6.07, 6.45) is -7.45. The number of rotatable bonds is 19. The van der Waals surface area contributed by atoms with Gasteiger partial charge in [-0.1, -0.05) is 94.8 Å². The van der Waals surface area contributed by atoms with Crippen molar-refractivity contribution in [3.05, 3.63) is 117 Å². The summed E-state index contributed by atoms with van der Waals surface area (Å²) >= 11 is 14.3. The van der Waals surface area contributed by atoms with E-state index in [1.54, 1.807) is 6.92 Å². The summed E-state index contributed by atoms with van der Waals surface area (Å²) in [7, 11) is 0. The van der Waals surface area contributed by atoms with E-state index in [-0.39, 0.29) is 104 Å². The van der Waals surface area contributed by atoms with Gasteiger partial charge in [0, 0.05) is 55.3 Å². The lowest BCUT2D eigenvalue weighted by atomic mass is 9.51. The van der Waals surface area contributed by atoms with Gasteiger partial charge >= 0.3 is 6.03 Å². The number of imide groups is 1. The number of aliphatic hydroxyl groups is 6. The molecule has 0 radical (unpaired) electrons. The van der Waals surface area contributed by atoms with E-state index in [1.807, 2.05) is 20.8 Å². The number of aliphatic hydroxyl groups excluding tert-OH is 6. The van der Waals surface area contributed by atoms with Crippen molar-refractivity contribution in [1.82, 2.24) is 31.9 Å². The van der Waals surface area contributed by atoms with Crippen molar-refractivity contribution in [2.24, 2.45) is 47.3 Å². The standard InChI is InChI=1S/C81H96Cl2N6O22/c1-5-7-8-9-10-17-84-81(107)85-64(97)30-46-27-56(94)68(88-76(103)39(6-2)18-36(3)4)70(98)41-12-15-59(52(82)25-41)108-61-28-45-29-62(75(61)111-80-74(102)73(101)72(100)63(35-90)110-80)109-60-16-13-42(26-53(60)83)71(99)69-79(106)87-67(58(96)33-48-43-20-37-19-38(22-43)23-44(48)21-37)51-31-47(91)32-55(93)65(51)50-24-40(11-14-54(50)92)49(78(105)89-69)34-57(95)66(45)86-77(46)104/h11-16,24-26,28-29,31-32,36-39,43-44,46,48-49,63,66-74,80,90-93,98-102H,5-10,17-23,27,30,33-35H2,1-4H3,(H,86,104)(H,87,106)(H,88,103)(H,89,105)(H2,84,85,97,107)/t37?,38?,39-,43?,44?,46+,48?,49-,63-,66-,67+,68+,69+,70-,71-,72-,73+,74-,80+/m1/s1. The summed E-state index contributed by atoms with van der Waals surface area (Å²) in [6, 6.07) is 6.31. The summed E-state index contributed by atoms with van der Waals surface area (Å²) < 4.78 is 25.5. The topological polar surface area (TPSA) is 445 Å². The lowest BCUT2D eigenvalue weighted by Crippen LogP contribution is -2.60. The number of ether oxygens (including phenoxy) is 4. The number of carbonyl (C=O) groups excluding carboxylic acids is 9. The van der Waals surface area contributed by atoms with Crippen LogP contribution in [0.3, 0.4) is 0 Å². The van der Waals surface area contributed by atoms with E-state index in [0.29, 0.717) is 24.7 Å². The second-order valence-electron chi connectivity index (χ2n) is 31.2. The molecule has 7 amide bonds. The van der Waals surface area contributed by atoms with Crippen molar-refractivity contribution in [2.45, 2.75) is 203 Å². The molecule has 30 heteroatoms. The summed E-state index contributed by atoms with van der Waals surface area (Å²) in [4.78, 5) is 137. The van der Waals surface area contributed by atoms with Crippen molar-refractivity contribution < 1.29 is 108 Å². The third-order valence-electron chi connectivity index (χ3n) is 23.0. The molecule has 4 aliphatic carbocycles. The molecule has 5 aromatic carbocycles. The second kappa shape index (κ2) is 35.0. The Morgan fingerprint density at radius 3 is 1.90 bits per heavy atom. The molecule has 6 aliphatic heterocycles. The van der Waals surface area contributed by atoms with Gasteiger partial charge in [0.25, 0.3) is 0 Å². The summed E-state index contributed by atoms with van der Waals surface area (Å²) in [5.74, 6) is -15.6. The fraction of sp³-hybridized carbons (Fsp3) is 0.519. The van der Waals surface area contributed by atoms with E-state index in [2.05, 4.69) is 31.9 Å². The van der Waals surface area contributed by atoms with Crippen LogP contribution in [0.15, 0.2) is 78.9 Å². The molecular formula is C81H96Cl2N6O22. The van der Waals surface area contributed by atoms with Gasteiger partial charge in [0.1, 0.15) is 89.5 Å². The zero-order chi connectivity index (χ0) is 79.5. The Balaban J connectivity index is 1.05. The first kappa shape index (κ1) is 81.5. The van der Waals surface area contributed by atoms with Gasteiger partial charge in [-0.3, -0.25) is 43.7 Å². The number of nitrogens with one attached hydrogen (secondary N) is 6. The molecule has 111 heavy (non-hydrogen) atoms. The maximum atomic E-state index is 16.5. The maximum Gasteiger partial charge on any atom is 0.321 e. The van der Waals surface area contributed by atoms with Crippen LogP contribution in [-0.4, -0.2) is 155 Å². The number of ketones is 3. The number of Topliss-reactive ketones (excluding diaryl/α,β-unsaturated/α-hetero) is 3. The molecule has 10 aliphatic rings. The second-order valence-corrected chi connectivity index (χ2v) is 32.0. The number of halogens is 2. The van der Waals surface area contributed by atoms with Gasteiger partial charge in [-0.15, -0.1) is 0 Å². The average Bonchev–Trinajstić information content (AvgIpc) is 0.789. The Labute approximate surface area is 650 Å². The van der Waals surface area contributed by atoms with Crippen LogP contribution in [0.5, 0.6) is 46.0 Å². The van der Waals surface area contributed by atoms with E-state index >= 15 is 28.8 Å². The largest absolute Gasteiger partial charge is 0.508 e. The van der Waals surface area contributed by atoms with E-state index in [1.165, 1.54) is 48.5 Å². The summed E-state index contributed by atoms with van der Waals surface area (Å²) in [6.45, 7) is 6.78. The zero-order valence-electron chi connectivity index (χ0n) is 61.9. The number of benzene rings is 5. The minimum absolute atomic E-state index is 0.0233. The molecule has 15 N–H and O–H groups in total. The predicted octanol–water partition coefficient (Wildman–Crippen LogP) is 8.54. The lowest BCUT2D eigenvalue weighted by molar-refractivity contribution is -0.277. The summed E-state index contributed by atoms with van der Waals surface area (Å²) in [5.41, 5.74) is -1.51. The molecule has 6 heterocycles. The molecular weight excluding hydrogens is 1480 g/mol. The fourth-order valence-corrected chi connectivity index (χ4v) is 17.8. The Morgan fingerprint density at radius 2 is 1.28 bits per heavy atom. The van der Waals surface area contributed by atoms with Crippen LogP contribution in [0.1, 0.15) is 188 Å². The van der Waals surface area contributed by atoms with Gasteiger partial charge < -0.3 is 91.5 Å². The van der Waals surface area contributed by atoms with E-state index in [9.17, 15) is 60.3 Å². The van der Waals surface area contributed by atoms with Crippen molar-refractivity contribution >= 4 is 76.1 Å². The zero-order valence-corrected chi connectivity index (χ0v) is 63.4. The Bertz CT molecular complexity index is 4360. The number of hydrogen-bond acceptors (Lipinski definition) is 22. The minimum atomic E-state index is -2.19. The Morgan fingerprint density at radius 1 is 0.640 bits per heavy atom. The number of phenolic OH excluding ortho intramolecular Hbond substituents is 3. The van der Waals surface area contributed by atoms with Crippen LogP contribution < -0.4 is 46.1 Å². The molecule has 5 fully saturated rings. The molecule has 0 aromatic heterocycles. The number of aromatic hydroxyl groups is 3. The normalized spacial score (nSPS) is 28.7. The van der Waals surface area contributed by atoms with Gasteiger partial charge in [-0.05, 0) is 169 Å². The highest BCUT2D eigenvalue weighted by atomic mass is 35.5.